The summed E-state index contributed by atoms with van der Waals surface area (Å²) in [5, 5.41) is 11.7. The van der Waals surface area contributed by atoms with E-state index in [1.165, 1.54) is 0 Å². The van der Waals surface area contributed by atoms with Crippen molar-refractivity contribution >= 4 is 17.6 Å². The van der Waals surface area contributed by atoms with Gasteiger partial charge in [-0.25, -0.2) is 0 Å². The molecule has 1 aromatic carbocycles. The summed E-state index contributed by atoms with van der Waals surface area (Å²) in [7, 11) is 0. The fourth-order valence-electron chi connectivity index (χ4n) is 2.21. The number of carbonyl (C=O) groups is 2. The fourth-order valence-corrected chi connectivity index (χ4v) is 2.21. The maximum Gasteiger partial charge on any atom is 0.307 e. The van der Waals surface area contributed by atoms with Crippen LogP contribution in [-0.4, -0.2) is 23.6 Å². The van der Waals surface area contributed by atoms with Gasteiger partial charge in [0.15, 0.2) is 0 Å². The van der Waals surface area contributed by atoms with E-state index in [1.54, 1.807) is 24.3 Å². The second-order valence-electron chi connectivity index (χ2n) is 5.39. The number of benzene rings is 1. The first kappa shape index (κ1) is 15.1. The molecular weight excluding hydrogens is 270 g/mol. The van der Waals surface area contributed by atoms with E-state index in [0.29, 0.717) is 30.9 Å². The molecule has 0 aromatic heterocycles. The molecule has 0 heterocycles. The lowest BCUT2D eigenvalue weighted by Gasteiger charge is -2.31. The van der Waals surface area contributed by atoms with Crippen LogP contribution in [0.25, 0.3) is 0 Å². The van der Waals surface area contributed by atoms with Crippen molar-refractivity contribution in [2.45, 2.75) is 19.8 Å². The van der Waals surface area contributed by atoms with Gasteiger partial charge in [0.25, 0.3) is 0 Å². The first-order valence-corrected chi connectivity index (χ1v) is 6.88. The molecule has 0 bridgehead atoms. The largest absolute Gasteiger partial charge is 0.489 e. The molecule has 1 saturated carbocycles. The summed E-state index contributed by atoms with van der Waals surface area (Å²) in [6.07, 6.45) is 1.18. The minimum atomic E-state index is -0.903. The molecule has 0 saturated heterocycles. The van der Waals surface area contributed by atoms with Gasteiger partial charge in [-0.2, -0.15) is 0 Å². The van der Waals surface area contributed by atoms with Crippen LogP contribution in [0.1, 0.15) is 19.8 Å². The van der Waals surface area contributed by atoms with Gasteiger partial charge in [-0.3, -0.25) is 9.59 Å². The molecule has 5 heteroatoms. The molecule has 1 aliphatic rings. The predicted molar refractivity (Wildman–Crippen MR) is 79.2 cm³/mol. The van der Waals surface area contributed by atoms with Gasteiger partial charge < -0.3 is 15.2 Å². The molecule has 112 valence electrons. The van der Waals surface area contributed by atoms with Crippen molar-refractivity contribution in [3.05, 3.63) is 36.4 Å². The Labute approximate surface area is 123 Å². The predicted octanol–water partition coefficient (Wildman–Crippen LogP) is 2.69. The highest BCUT2D eigenvalue weighted by atomic mass is 16.5. The number of carboxylic acid groups (broad SMARTS) is 1. The van der Waals surface area contributed by atoms with Gasteiger partial charge in [0.2, 0.25) is 5.91 Å². The molecule has 1 aromatic rings. The molecule has 2 unspecified atom stereocenters. The van der Waals surface area contributed by atoms with Gasteiger partial charge in [-0.05, 0) is 37.5 Å². The highest BCUT2D eigenvalue weighted by molar-refractivity contribution is 5.96. The number of hydrogen-bond acceptors (Lipinski definition) is 3. The fraction of sp³-hybridized carbons (Fsp3) is 0.375. The number of hydrogen-bond donors (Lipinski definition) is 2. The van der Waals surface area contributed by atoms with Gasteiger partial charge in [0, 0.05) is 11.8 Å². The molecule has 2 rings (SSSR count). The third-order valence-electron chi connectivity index (χ3n) is 3.52. The van der Waals surface area contributed by atoms with E-state index in [0.717, 1.165) is 5.57 Å². The summed E-state index contributed by atoms with van der Waals surface area (Å²) in [5.41, 5.74) is 1.51. The second kappa shape index (κ2) is 6.43. The van der Waals surface area contributed by atoms with E-state index < -0.39 is 17.8 Å². The Bertz CT molecular complexity index is 567. The lowest BCUT2D eigenvalue weighted by Crippen LogP contribution is -2.41. The lowest BCUT2D eigenvalue weighted by molar-refractivity contribution is -0.151. The molecule has 1 fully saturated rings. The van der Waals surface area contributed by atoms with Gasteiger partial charge in [-0.15, -0.1) is 0 Å². The summed E-state index contributed by atoms with van der Waals surface area (Å²) >= 11 is 0. The highest BCUT2D eigenvalue weighted by Gasteiger charge is 2.41. The van der Waals surface area contributed by atoms with Crippen molar-refractivity contribution in [3.63, 3.8) is 0 Å². The van der Waals surface area contributed by atoms with Crippen LogP contribution in [0, 0.1) is 11.8 Å². The molecule has 1 amide bonds. The monoisotopic (exact) mass is 289 g/mol. The maximum absolute atomic E-state index is 12.1. The Balaban J connectivity index is 1.96. The van der Waals surface area contributed by atoms with Crippen molar-refractivity contribution in [1.29, 1.82) is 0 Å². The highest BCUT2D eigenvalue weighted by Crippen LogP contribution is 2.35. The standard InChI is InChI=1S/C16H19NO4/c1-10(2)9-21-12-5-3-4-11(8-12)17-15(18)13-6-7-14(13)16(19)20/h3-5,8,13-14H,1,6-7,9H2,2H3,(H,17,18)(H,19,20). The molecule has 21 heavy (non-hydrogen) atoms. The number of aliphatic carboxylic acids is 1. The zero-order valence-electron chi connectivity index (χ0n) is 12.0. The number of carbonyl (C=O) groups excluding carboxylic acids is 1. The first-order chi connectivity index (χ1) is 9.97. The molecule has 1 aliphatic carbocycles. The Hall–Kier alpha value is -2.30. The van der Waals surface area contributed by atoms with E-state index >= 15 is 0 Å². The first-order valence-electron chi connectivity index (χ1n) is 6.88. The SMILES string of the molecule is C=C(C)COc1cccc(NC(=O)C2CCC2C(=O)O)c1. The van der Waals surface area contributed by atoms with Crippen molar-refractivity contribution in [3.8, 4) is 5.75 Å². The zero-order valence-corrected chi connectivity index (χ0v) is 12.0. The van der Waals surface area contributed by atoms with Crippen LogP contribution in [0.15, 0.2) is 36.4 Å². The summed E-state index contributed by atoms with van der Waals surface area (Å²) < 4.78 is 5.50. The summed E-state index contributed by atoms with van der Waals surface area (Å²) in [6.45, 7) is 6.04. The lowest BCUT2D eigenvalue weighted by atomic mass is 9.73. The minimum absolute atomic E-state index is 0.245. The summed E-state index contributed by atoms with van der Waals surface area (Å²) in [6, 6.07) is 7.04. The molecule has 5 nitrogen and oxygen atoms in total. The molecule has 0 spiro atoms. The number of nitrogens with one attached hydrogen (secondary N) is 1. The number of ether oxygens (including phenoxy) is 1. The van der Waals surface area contributed by atoms with Gasteiger partial charge in [-0.1, -0.05) is 12.6 Å². The quantitative estimate of drug-likeness (QED) is 0.789. The second-order valence-corrected chi connectivity index (χ2v) is 5.39. The average Bonchev–Trinajstić information content (AvgIpc) is 2.34. The van der Waals surface area contributed by atoms with E-state index in [2.05, 4.69) is 11.9 Å². The summed E-state index contributed by atoms with van der Waals surface area (Å²) in [4.78, 5) is 23.0. The van der Waals surface area contributed by atoms with Gasteiger partial charge in [0.1, 0.15) is 12.4 Å². The summed E-state index contributed by atoms with van der Waals surface area (Å²) in [5.74, 6) is -1.51. The van der Waals surface area contributed by atoms with Gasteiger partial charge >= 0.3 is 5.97 Å². The number of amides is 1. The van der Waals surface area contributed by atoms with Crippen LogP contribution < -0.4 is 10.1 Å². The molecular formula is C16H19NO4. The van der Waals surface area contributed by atoms with Gasteiger partial charge in [0.05, 0.1) is 11.8 Å². The van der Waals surface area contributed by atoms with E-state index in [4.69, 9.17) is 9.84 Å². The molecule has 0 aliphatic heterocycles. The van der Waals surface area contributed by atoms with E-state index in [1.807, 2.05) is 6.92 Å². The average molecular weight is 289 g/mol. The smallest absolute Gasteiger partial charge is 0.307 e. The number of carboxylic acids is 1. The zero-order chi connectivity index (χ0) is 15.4. The van der Waals surface area contributed by atoms with Crippen molar-refractivity contribution in [2.24, 2.45) is 11.8 Å². The van der Waals surface area contributed by atoms with Crippen LogP contribution in [-0.2, 0) is 9.59 Å². The Morgan fingerprint density at radius 1 is 1.38 bits per heavy atom. The third kappa shape index (κ3) is 3.84. The van der Waals surface area contributed by atoms with Crippen molar-refractivity contribution in [1.82, 2.24) is 0 Å². The van der Waals surface area contributed by atoms with E-state index in [9.17, 15) is 9.59 Å². The third-order valence-corrected chi connectivity index (χ3v) is 3.52. The normalized spacial score (nSPS) is 20.2. The van der Waals surface area contributed by atoms with Crippen molar-refractivity contribution in [2.75, 3.05) is 11.9 Å². The number of anilines is 1. The van der Waals surface area contributed by atoms with Crippen LogP contribution in [0.5, 0.6) is 5.75 Å². The number of rotatable bonds is 6. The van der Waals surface area contributed by atoms with Crippen LogP contribution in [0.3, 0.4) is 0 Å². The Morgan fingerprint density at radius 3 is 2.67 bits per heavy atom. The maximum atomic E-state index is 12.1. The molecule has 2 N–H and O–H groups in total. The topological polar surface area (TPSA) is 75.6 Å². The van der Waals surface area contributed by atoms with Crippen molar-refractivity contribution < 1.29 is 19.4 Å². The van der Waals surface area contributed by atoms with Crippen LogP contribution in [0.2, 0.25) is 0 Å². The molecule has 0 radical (unpaired) electrons. The Morgan fingerprint density at radius 2 is 2.10 bits per heavy atom. The van der Waals surface area contributed by atoms with Crippen LogP contribution >= 0.6 is 0 Å². The minimum Gasteiger partial charge on any atom is -0.489 e. The van der Waals surface area contributed by atoms with E-state index in [-0.39, 0.29) is 5.91 Å². The van der Waals surface area contributed by atoms with Crippen LogP contribution in [0.4, 0.5) is 5.69 Å². The Kier molecular flexibility index (Phi) is 4.62. The molecule has 2 atom stereocenters.